The Morgan fingerprint density at radius 2 is 2.56 bits per heavy atom. The standard InChI is InChI=1S/C11H17N3O2/c1-2-15-10-5-6-12-11(14-10)13-8-9-4-3-7-16-9/h5-6,9H,2-4,7-8H2,1H3,(H,12,13,14). The second-order valence-electron chi connectivity index (χ2n) is 3.67. The first-order valence-electron chi connectivity index (χ1n) is 5.70. The van der Waals surface area contributed by atoms with Crippen LogP contribution in [0.4, 0.5) is 5.95 Å². The largest absolute Gasteiger partial charge is 0.478 e. The van der Waals surface area contributed by atoms with Crippen molar-refractivity contribution in [3.63, 3.8) is 0 Å². The molecule has 5 heteroatoms. The average molecular weight is 223 g/mol. The lowest BCUT2D eigenvalue weighted by Crippen LogP contribution is -2.19. The van der Waals surface area contributed by atoms with Crippen molar-refractivity contribution in [2.75, 3.05) is 25.1 Å². The minimum absolute atomic E-state index is 0.291. The van der Waals surface area contributed by atoms with Crippen LogP contribution in [0.25, 0.3) is 0 Å². The van der Waals surface area contributed by atoms with Gasteiger partial charge in [0.05, 0.1) is 12.7 Å². The molecule has 5 nitrogen and oxygen atoms in total. The number of hydrogen-bond donors (Lipinski definition) is 1. The third kappa shape index (κ3) is 3.06. The Bertz CT molecular complexity index is 327. The van der Waals surface area contributed by atoms with Crippen LogP contribution in [0.5, 0.6) is 5.88 Å². The highest BCUT2D eigenvalue weighted by Crippen LogP contribution is 2.13. The van der Waals surface area contributed by atoms with E-state index in [1.807, 2.05) is 6.92 Å². The molecule has 1 fully saturated rings. The number of nitrogens with one attached hydrogen (secondary N) is 1. The molecule has 0 radical (unpaired) electrons. The highest BCUT2D eigenvalue weighted by atomic mass is 16.5. The van der Waals surface area contributed by atoms with Gasteiger partial charge in [-0.2, -0.15) is 4.98 Å². The number of ether oxygens (including phenoxy) is 2. The predicted molar refractivity (Wildman–Crippen MR) is 60.7 cm³/mol. The van der Waals surface area contributed by atoms with Crippen LogP contribution < -0.4 is 10.1 Å². The van der Waals surface area contributed by atoms with E-state index in [1.165, 1.54) is 0 Å². The Hall–Kier alpha value is -1.36. The van der Waals surface area contributed by atoms with Crippen molar-refractivity contribution in [3.8, 4) is 5.88 Å². The van der Waals surface area contributed by atoms with E-state index in [4.69, 9.17) is 9.47 Å². The van der Waals surface area contributed by atoms with Crippen LogP contribution in [0, 0.1) is 0 Å². The van der Waals surface area contributed by atoms with Gasteiger partial charge in [0, 0.05) is 25.4 Å². The van der Waals surface area contributed by atoms with E-state index < -0.39 is 0 Å². The highest BCUT2D eigenvalue weighted by Gasteiger charge is 2.15. The summed E-state index contributed by atoms with van der Waals surface area (Å²) >= 11 is 0. The van der Waals surface area contributed by atoms with Gasteiger partial charge in [0.25, 0.3) is 0 Å². The third-order valence-corrected chi connectivity index (χ3v) is 2.43. The number of hydrogen-bond acceptors (Lipinski definition) is 5. The Kier molecular flexibility index (Phi) is 3.93. The van der Waals surface area contributed by atoms with Crippen molar-refractivity contribution in [2.45, 2.75) is 25.9 Å². The van der Waals surface area contributed by atoms with Crippen LogP contribution >= 0.6 is 0 Å². The van der Waals surface area contributed by atoms with Gasteiger partial charge in [-0.3, -0.25) is 0 Å². The van der Waals surface area contributed by atoms with Crippen molar-refractivity contribution in [3.05, 3.63) is 12.3 Å². The molecular formula is C11H17N3O2. The first kappa shape index (κ1) is 11.1. The SMILES string of the molecule is CCOc1ccnc(NCC2CCCO2)n1. The first-order valence-corrected chi connectivity index (χ1v) is 5.70. The van der Waals surface area contributed by atoms with Gasteiger partial charge in [-0.1, -0.05) is 0 Å². The van der Waals surface area contributed by atoms with Gasteiger partial charge in [0.1, 0.15) is 0 Å². The molecule has 1 atom stereocenters. The summed E-state index contributed by atoms with van der Waals surface area (Å²) in [5.74, 6) is 1.20. The fourth-order valence-corrected chi connectivity index (χ4v) is 1.67. The number of aromatic nitrogens is 2. The lowest BCUT2D eigenvalue weighted by atomic mass is 10.2. The van der Waals surface area contributed by atoms with Gasteiger partial charge in [0.15, 0.2) is 0 Å². The van der Waals surface area contributed by atoms with Crippen molar-refractivity contribution in [1.29, 1.82) is 0 Å². The van der Waals surface area contributed by atoms with E-state index in [1.54, 1.807) is 12.3 Å². The van der Waals surface area contributed by atoms with Crippen molar-refractivity contribution in [2.24, 2.45) is 0 Å². The lowest BCUT2D eigenvalue weighted by Gasteiger charge is -2.10. The summed E-state index contributed by atoms with van der Waals surface area (Å²) in [6.07, 6.45) is 4.24. The number of nitrogens with zero attached hydrogens (tertiary/aromatic N) is 2. The van der Waals surface area contributed by atoms with Crippen LogP contribution in [0.15, 0.2) is 12.3 Å². The van der Waals surface area contributed by atoms with Crippen molar-refractivity contribution in [1.82, 2.24) is 9.97 Å². The van der Waals surface area contributed by atoms with Crippen molar-refractivity contribution < 1.29 is 9.47 Å². The molecule has 0 amide bonds. The molecule has 1 aromatic rings. The lowest BCUT2D eigenvalue weighted by molar-refractivity contribution is 0.120. The number of anilines is 1. The maximum absolute atomic E-state index is 5.50. The second-order valence-corrected chi connectivity index (χ2v) is 3.67. The summed E-state index contributed by atoms with van der Waals surface area (Å²) in [6.45, 7) is 4.17. The highest BCUT2D eigenvalue weighted by molar-refractivity contribution is 5.27. The fourth-order valence-electron chi connectivity index (χ4n) is 1.67. The van der Waals surface area contributed by atoms with Crippen LogP contribution in [-0.2, 0) is 4.74 Å². The molecule has 0 aromatic carbocycles. The zero-order valence-electron chi connectivity index (χ0n) is 9.48. The predicted octanol–water partition coefficient (Wildman–Crippen LogP) is 1.47. The van der Waals surface area contributed by atoms with E-state index in [-0.39, 0.29) is 0 Å². The van der Waals surface area contributed by atoms with Gasteiger partial charge in [-0.25, -0.2) is 4.98 Å². The van der Waals surface area contributed by atoms with E-state index in [0.29, 0.717) is 24.5 Å². The van der Waals surface area contributed by atoms with Crippen LogP contribution in [0.3, 0.4) is 0 Å². The average Bonchev–Trinajstić information content (AvgIpc) is 2.80. The maximum atomic E-state index is 5.50. The van der Waals surface area contributed by atoms with Gasteiger partial charge >= 0.3 is 0 Å². The summed E-state index contributed by atoms with van der Waals surface area (Å²) in [7, 11) is 0. The Morgan fingerprint density at radius 3 is 3.31 bits per heavy atom. The molecule has 1 aromatic heterocycles. The Balaban J connectivity index is 1.85. The summed E-state index contributed by atoms with van der Waals surface area (Å²) < 4.78 is 10.8. The maximum Gasteiger partial charge on any atom is 0.226 e. The fraction of sp³-hybridized carbons (Fsp3) is 0.636. The first-order chi connectivity index (χ1) is 7.88. The quantitative estimate of drug-likeness (QED) is 0.819. The molecule has 1 saturated heterocycles. The zero-order chi connectivity index (χ0) is 11.2. The van der Waals surface area contributed by atoms with E-state index in [2.05, 4.69) is 15.3 Å². The van der Waals surface area contributed by atoms with Crippen LogP contribution in [0.1, 0.15) is 19.8 Å². The minimum Gasteiger partial charge on any atom is -0.478 e. The zero-order valence-corrected chi connectivity index (χ0v) is 9.48. The third-order valence-electron chi connectivity index (χ3n) is 2.43. The summed E-state index contributed by atoms with van der Waals surface area (Å²) in [6, 6.07) is 1.75. The van der Waals surface area contributed by atoms with Crippen LogP contribution in [0.2, 0.25) is 0 Å². The normalized spacial score (nSPS) is 19.7. The second kappa shape index (κ2) is 5.65. The molecule has 0 saturated carbocycles. The molecule has 1 unspecified atom stereocenters. The molecular weight excluding hydrogens is 206 g/mol. The van der Waals surface area contributed by atoms with Gasteiger partial charge in [-0.15, -0.1) is 0 Å². The Labute approximate surface area is 95.2 Å². The molecule has 1 aliphatic rings. The van der Waals surface area contributed by atoms with Crippen LogP contribution in [-0.4, -0.2) is 35.8 Å². The molecule has 88 valence electrons. The molecule has 0 aliphatic carbocycles. The minimum atomic E-state index is 0.291. The van der Waals surface area contributed by atoms with E-state index in [9.17, 15) is 0 Å². The summed E-state index contributed by atoms with van der Waals surface area (Å²) in [5, 5.41) is 3.16. The molecule has 2 heterocycles. The molecule has 0 spiro atoms. The molecule has 1 aliphatic heterocycles. The van der Waals surface area contributed by atoms with Gasteiger partial charge in [0.2, 0.25) is 11.8 Å². The van der Waals surface area contributed by atoms with Gasteiger partial charge in [-0.05, 0) is 19.8 Å². The smallest absolute Gasteiger partial charge is 0.226 e. The number of rotatable bonds is 5. The Morgan fingerprint density at radius 1 is 1.62 bits per heavy atom. The van der Waals surface area contributed by atoms with E-state index >= 15 is 0 Å². The molecule has 1 N–H and O–H groups in total. The van der Waals surface area contributed by atoms with Gasteiger partial charge < -0.3 is 14.8 Å². The monoisotopic (exact) mass is 223 g/mol. The topological polar surface area (TPSA) is 56.3 Å². The molecule has 16 heavy (non-hydrogen) atoms. The summed E-state index contributed by atoms with van der Waals surface area (Å²) in [5.41, 5.74) is 0. The van der Waals surface area contributed by atoms with E-state index in [0.717, 1.165) is 26.0 Å². The molecule has 2 rings (SSSR count). The summed E-state index contributed by atoms with van der Waals surface area (Å²) in [4.78, 5) is 8.35. The van der Waals surface area contributed by atoms with Crippen molar-refractivity contribution >= 4 is 5.95 Å². The molecule has 0 bridgehead atoms.